The molecule has 0 saturated carbocycles. The van der Waals surface area contributed by atoms with Crippen molar-refractivity contribution >= 4 is 23.7 Å². The Labute approximate surface area is 151 Å². The van der Waals surface area contributed by atoms with Gasteiger partial charge in [-0.2, -0.15) is 0 Å². The van der Waals surface area contributed by atoms with Crippen LogP contribution in [-0.4, -0.2) is 55.1 Å². The van der Waals surface area contributed by atoms with Crippen molar-refractivity contribution in [3.63, 3.8) is 0 Å². The highest BCUT2D eigenvalue weighted by Crippen LogP contribution is 2.16. The first-order valence-corrected chi connectivity index (χ1v) is 7.91. The second-order valence-electron chi connectivity index (χ2n) is 5.79. The van der Waals surface area contributed by atoms with Crippen LogP contribution in [0.15, 0.2) is 48.2 Å². The third-order valence-corrected chi connectivity index (χ3v) is 3.34. The van der Waals surface area contributed by atoms with E-state index in [0.717, 1.165) is 0 Å². The highest BCUT2D eigenvalue weighted by atomic mass is 16.7. The van der Waals surface area contributed by atoms with Crippen molar-refractivity contribution in [1.82, 2.24) is 9.80 Å². The van der Waals surface area contributed by atoms with Crippen molar-refractivity contribution in [3.8, 4) is 5.75 Å². The molecule has 0 spiro atoms. The van der Waals surface area contributed by atoms with E-state index in [-0.39, 0.29) is 18.5 Å². The molecule has 138 valence electrons. The molecule has 8 heteroatoms. The molecule has 26 heavy (non-hydrogen) atoms. The molecule has 0 unspecified atom stereocenters. The maximum Gasteiger partial charge on any atom is 0.515 e. The summed E-state index contributed by atoms with van der Waals surface area (Å²) in [5.74, 6) is -0.0247. The third-order valence-electron chi connectivity index (χ3n) is 3.34. The second kappa shape index (κ2) is 8.70. The van der Waals surface area contributed by atoms with E-state index in [1.165, 1.54) is 11.8 Å². The third kappa shape index (κ3) is 5.66. The van der Waals surface area contributed by atoms with Crippen molar-refractivity contribution in [2.45, 2.75) is 6.92 Å². The summed E-state index contributed by atoms with van der Waals surface area (Å²) in [6.45, 7) is 1.88. The van der Waals surface area contributed by atoms with Gasteiger partial charge in [0.25, 0.3) is 5.91 Å². The Morgan fingerprint density at radius 2 is 1.88 bits per heavy atom. The van der Waals surface area contributed by atoms with Gasteiger partial charge in [0, 0.05) is 39.5 Å². The number of amides is 2. The molecule has 2 rings (SSSR count). The number of hydrogen-bond acceptors (Lipinski definition) is 6. The van der Waals surface area contributed by atoms with E-state index in [0.29, 0.717) is 23.6 Å². The van der Waals surface area contributed by atoms with Gasteiger partial charge in [-0.1, -0.05) is 12.2 Å². The van der Waals surface area contributed by atoms with Crippen LogP contribution in [0.1, 0.15) is 6.92 Å². The Morgan fingerprint density at radius 1 is 1.19 bits per heavy atom. The van der Waals surface area contributed by atoms with Gasteiger partial charge < -0.3 is 24.6 Å². The fourth-order valence-electron chi connectivity index (χ4n) is 2.15. The van der Waals surface area contributed by atoms with E-state index in [9.17, 15) is 14.4 Å². The van der Waals surface area contributed by atoms with Gasteiger partial charge in [0.05, 0.1) is 5.57 Å². The quantitative estimate of drug-likeness (QED) is 0.639. The molecule has 1 aromatic rings. The lowest BCUT2D eigenvalue weighted by Crippen LogP contribution is -2.30. The highest BCUT2D eigenvalue weighted by molar-refractivity contribution is 5.95. The maximum atomic E-state index is 11.9. The minimum Gasteiger partial charge on any atom is -0.413 e. The van der Waals surface area contributed by atoms with Crippen molar-refractivity contribution in [1.29, 1.82) is 0 Å². The second-order valence-corrected chi connectivity index (χ2v) is 5.79. The molecule has 0 radical (unpaired) electrons. The highest BCUT2D eigenvalue weighted by Gasteiger charge is 2.15. The fourth-order valence-corrected chi connectivity index (χ4v) is 2.15. The molecule has 0 aromatic heterocycles. The average Bonchev–Trinajstić information content (AvgIpc) is 2.60. The number of anilines is 1. The molecule has 0 aliphatic carbocycles. The van der Waals surface area contributed by atoms with Gasteiger partial charge in [-0.25, -0.2) is 4.79 Å². The predicted molar refractivity (Wildman–Crippen MR) is 95.3 cm³/mol. The number of hydrogen-bond donors (Lipinski definition) is 1. The Kier molecular flexibility index (Phi) is 6.37. The van der Waals surface area contributed by atoms with Crippen molar-refractivity contribution < 1.29 is 23.9 Å². The Hall–Kier alpha value is -3.29. The van der Waals surface area contributed by atoms with Crippen molar-refractivity contribution in [3.05, 3.63) is 48.2 Å². The average molecular weight is 359 g/mol. The largest absolute Gasteiger partial charge is 0.515 e. The Morgan fingerprint density at radius 3 is 2.50 bits per heavy atom. The van der Waals surface area contributed by atoms with Gasteiger partial charge in [0.15, 0.2) is 6.73 Å². The van der Waals surface area contributed by atoms with Crippen LogP contribution in [0.25, 0.3) is 0 Å². The zero-order valence-corrected chi connectivity index (χ0v) is 14.9. The van der Waals surface area contributed by atoms with Crippen LogP contribution in [0.3, 0.4) is 0 Å². The minimum atomic E-state index is -0.860. The number of rotatable bonds is 5. The van der Waals surface area contributed by atoms with Gasteiger partial charge >= 0.3 is 6.16 Å². The number of nitrogens with one attached hydrogen (secondary N) is 1. The van der Waals surface area contributed by atoms with Crippen LogP contribution in [0.2, 0.25) is 0 Å². The Bertz CT molecular complexity index is 738. The SMILES string of the molecule is CC(=O)Nc1ccc(OC(=O)OCN2C=C(C(=O)N(C)C)C=CC2)cc1. The number of nitrogens with zero attached hydrogens (tertiary/aromatic N) is 2. The number of carbonyl (C=O) groups excluding carboxylic acids is 3. The van der Waals surface area contributed by atoms with Gasteiger partial charge in [-0.15, -0.1) is 0 Å². The lowest BCUT2D eigenvalue weighted by atomic mass is 10.2. The summed E-state index contributed by atoms with van der Waals surface area (Å²) in [5, 5.41) is 2.61. The van der Waals surface area contributed by atoms with Crippen LogP contribution in [0.4, 0.5) is 10.5 Å². The van der Waals surface area contributed by atoms with E-state index in [1.54, 1.807) is 55.5 Å². The number of carbonyl (C=O) groups is 3. The van der Waals surface area contributed by atoms with Gasteiger partial charge in [0.1, 0.15) is 5.75 Å². The first-order valence-electron chi connectivity index (χ1n) is 7.91. The molecule has 0 saturated heterocycles. The number of likely N-dealkylation sites (N-methyl/N-ethyl adjacent to an activating group) is 1. The molecule has 2 amide bonds. The molecule has 0 atom stereocenters. The van der Waals surface area contributed by atoms with Gasteiger partial charge in [0.2, 0.25) is 5.91 Å². The number of ether oxygens (including phenoxy) is 2. The molecule has 1 aromatic carbocycles. The van der Waals surface area contributed by atoms with Gasteiger partial charge in [-0.05, 0) is 24.3 Å². The van der Waals surface area contributed by atoms with Crippen molar-refractivity contribution in [2.75, 3.05) is 32.7 Å². The normalized spacial score (nSPS) is 12.9. The molecule has 1 heterocycles. The smallest absolute Gasteiger partial charge is 0.413 e. The summed E-state index contributed by atoms with van der Waals surface area (Å²) in [6, 6.07) is 6.32. The molecular formula is C18H21N3O5. The summed E-state index contributed by atoms with van der Waals surface area (Å²) in [5.41, 5.74) is 1.10. The monoisotopic (exact) mass is 359 g/mol. The maximum absolute atomic E-state index is 11.9. The minimum absolute atomic E-state index is 0.0443. The number of benzene rings is 1. The summed E-state index contributed by atoms with van der Waals surface area (Å²) < 4.78 is 10.1. The molecule has 1 aliphatic rings. The van der Waals surface area contributed by atoms with Crippen LogP contribution < -0.4 is 10.1 Å². The zero-order valence-electron chi connectivity index (χ0n) is 14.9. The van der Waals surface area contributed by atoms with E-state index in [1.807, 2.05) is 6.08 Å². The van der Waals surface area contributed by atoms with E-state index in [4.69, 9.17) is 9.47 Å². The summed E-state index contributed by atoms with van der Waals surface area (Å²) in [6.07, 6.45) is 4.32. The molecule has 8 nitrogen and oxygen atoms in total. The standard InChI is InChI=1S/C18H21N3O5/c1-13(22)19-15-6-8-16(9-7-15)26-18(24)25-12-21-10-4-5-14(11-21)17(23)20(2)3/h4-9,11H,10,12H2,1-3H3,(H,19,22). The lowest BCUT2D eigenvalue weighted by molar-refractivity contribution is -0.124. The van der Waals surface area contributed by atoms with Crippen LogP contribution >= 0.6 is 0 Å². The topological polar surface area (TPSA) is 88.2 Å². The summed E-state index contributed by atoms with van der Waals surface area (Å²) in [4.78, 5) is 37.8. The van der Waals surface area contributed by atoms with Crippen LogP contribution in [0, 0.1) is 0 Å². The molecule has 1 aliphatic heterocycles. The van der Waals surface area contributed by atoms with E-state index in [2.05, 4.69) is 5.32 Å². The van der Waals surface area contributed by atoms with Crippen molar-refractivity contribution in [2.24, 2.45) is 0 Å². The first-order chi connectivity index (χ1) is 12.3. The molecule has 1 N–H and O–H groups in total. The summed E-state index contributed by atoms with van der Waals surface area (Å²) >= 11 is 0. The molecular weight excluding hydrogens is 338 g/mol. The van der Waals surface area contributed by atoms with E-state index < -0.39 is 6.16 Å². The summed E-state index contributed by atoms with van der Waals surface area (Å²) in [7, 11) is 3.34. The molecule has 0 bridgehead atoms. The van der Waals surface area contributed by atoms with E-state index >= 15 is 0 Å². The molecule has 0 fully saturated rings. The Balaban J connectivity index is 1.84. The zero-order chi connectivity index (χ0) is 19.1. The van der Waals surface area contributed by atoms with Gasteiger partial charge in [-0.3, -0.25) is 9.59 Å². The predicted octanol–water partition coefficient (Wildman–Crippen LogP) is 1.96. The fraction of sp³-hybridized carbons (Fsp3) is 0.278. The van der Waals surface area contributed by atoms with Crippen LogP contribution in [-0.2, 0) is 14.3 Å². The van der Waals surface area contributed by atoms with Crippen LogP contribution in [0.5, 0.6) is 5.75 Å². The first kappa shape index (κ1) is 19.0. The lowest BCUT2D eigenvalue weighted by Gasteiger charge is -2.23.